The minimum atomic E-state index is 0.287. The second-order valence-corrected chi connectivity index (χ2v) is 12.3. The summed E-state index contributed by atoms with van der Waals surface area (Å²) < 4.78 is 2.06. The molecule has 0 aliphatic carbocycles. The van der Waals surface area contributed by atoms with Gasteiger partial charge in [-0.15, -0.1) is 0 Å². The number of nitrogens with zero attached hydrogens (tertiary/aromatic N) is 11. The first-order valence-corrected chi connectivity index (χ1v) is 16.5. The summed E-state index contributed by atoms with van der Waals surface area (Å²) >= 11 is 0. The van der Waals surface area contributed by atoms with Gasteiger partial charge in [-0.2, -0.15) is 31.6 Å². The number of hydrogen-bond acceptors (Lipinski definition) is 10. The van der Waals surface area contributed by atoms with Crippen molar-refractivity contribution < 1.29 is 0 Å². The van der Waals surface area contributed by atoms with Crippen LogP contribution in [-0.4, -0.2) is 24.5 Å². The zero-order valence-electron chi connectivity index (χ0n) is 28.4. The molecular weight excluding hydrogens is 683 g/mol. The maximum atomic E-state index is 10.1. The number of fused-ring (bicyclic) bond motifs is 3. The molecule has 11 heteroatoms. The summed E-state index contributed by atoms with van der Waals surface area (Å²) in [7, 11) is 0. The van der Waals surface area contributed by atoms with Crippen LogP contribution in [0.1, 0.15) is 33.4 Å². The lowest BCUT2D eigenvalue weighted by atomic mass is 9.96. The largest absolute Gasteiger partial charge is 0.308 e. The van der Waals surface area contributed by atoms with Crippen LogP contribution in [0.25, 0.3) is 72.5 Å². The molecule has 0 spiro atoms. The molecule has 250 valence electrons. The summed E-state index contributed by atoms with van der Waals surface area (Å²) in [6, 6.07) is 40.2. The second-order valence-electron chi connectivity index (χ2n) is 12.3. The molecule has 8 rings (SSSR count). The lowest BCUT2D eigenvalue weighted by Crippen LogP contribution is -2.01. The highest BCUT2D eigenvalue weighted by atomic mass is 15.0. The number of aromatic nitrogens is 5. The van der Waals surface area contributed by atoms with Gasteiger partial charge in [-0.25, -0.2) is 19.9 Å². The summed E-state index contributed by atoms with van der Waals surface area (Å²) in [5.41, 5.74) is 8.28. The summed E-state index contributed by atoms with van der Waals surface area (Å²) in [4.78, 5) is 17.9. The summed E-state index contributed by atoms with van der Waals surface area (Å²) in [5, 5.41) is 59.7. The van der Waals surface area contributed by atoms with Gasteiger partial charge in [-0.3, -0.25) is 0 Å². The molecule has 0 N–H and O–H groups in total. The molecule has 11 nitrogen and oxygen atoms in total. The first-order valence-electron chi connectivity index (χ1n) is 16.5. The van der Waals surface area contributed by atoms with E-state index in [1.54, 1.807) is 36.4 Å². The Morgan fingerprint density at radius 1 is 0.382 bits per heavy atom. The van der Waals surface area contributed by atoms with Crippen LogP contribution >= 0.6 is 0 Å². The lowest BCUT2D eigenvalue weighted by molar-refractivity contribution is 1.12. The van der Waals surface area contributed by atoms with Crippen molar-refractivity contribution in [3.8, 4) is 87.1 Å². The van der Waals surface area contributed by atoms with E-state index in [1.807, 2.05) is 60.7 Å². The maximum Gasteiger partial charge on any atom is 0.161 e. The Balaban J connectivity index is 1.46. The van der Waals surface area contributed by atoms with Crippen molar-refractivity contribution in [1.82, 2.24) is 24.5 Å². The van der Waals surface area contributed by atoms with E-state index in [9.17, 15) is 31.6 Å². The molecule has 0 saturated heterocycles. The highest BCUT2D eigenvalue weighted by Crippen LogP contribution is 2.40. The third kappa shape index (κ3) is 5.78. The number of rotatable bonds is 5. The van der Waals surface area contributed by atoms with E-state index < -0.39 is 0 Å². The Morgan fingerprint density at radius 2 is 0.836 bits per heavy atom. The zero-order valence-corrected chi connectivity index (χ0v) is 28.4. The molecule has 0 amide bonds. The van der Waals surface area contributed by atoms with E-state index in [1.165, 1.54) is 24.8 Å². The third-order valence-electron chi connectivity index (χ3n) is 9.23. The average molecular weight is 702 g/mol. The molecule has 3 heterocycles. The van der Waals surface area contributed by atoms with Crippen molar-refractivity contribution in [2.45, 2.75) is 0 Å². The Morgan fingerprint density at radius 3 is 1.29 bits per heavy atom. The molecule has 55 heavy (non-hydrogen) atoms. The molecule has 0 radical (unpaired) electrons. The van der Waals surface area contributed by atoms with E-state index in [2.05, 4.69) is 54.8 Å². The topological polar surface area (TPSA) is 199 Å². The quantitative estimate of drug-likeness (QED) is 0.168. The Hall–Kier alpha value is -9.00. The SMILES string of the molecule is N#Cc1cnc(-c2ccc(-n3c4cc(-c5ccc(C#N)cc5C#N)ccc4c4ccc(-c5ccc(C#N)cc5C#N)cc43)c(-c3ncc(C#N)cn3)c2)nc1. The van der Waals surface area contributed by atoms with Crippen molar-refractivity contribution >= 4 is 21.8 Å². The highest BCUT2D eigenvalue weighted by molar-refractivity contribution is 6.12. The smallest absolute Gasteiger partial charge is 0.161 e. The molecule has 0 unspecified atom stereocenters. The van der Waals surface area contributed by atoms with Gasteiger partial charge in [0.1, 0.15) is 12.1 Å². The fourth-order valence-corrected chi connectivity index (χ4v) is 6.64. The predicted octanol–water partition coefficient (Wildman–Crippen LogP) is 8.26. The fourth-order valence-electron chi connectivity index (χ4n) is 6.64. The number of benzene rings is 5. The summed E-state index contributed by atoms with van der Waals surface area (Å²) in [6.07, 6.45) is 5.78. The van der Waals surface area contributed by atoms with Crippen molar-refractivity contribution in [2.75, 3.05) is 0 Å². The Labute approximate surface area is 313 Å². The normalized spacial score (nSPS) is 10.4. The van der Waals surface area contributed by atoms with E-state index >= 15 is 0 Å². The highest BCUT2D eigenvalue weighted by Gasteiger charge is 2.21. The summed E-state index contributed by atoms with van der Waals surface area (Å²) in [6.45, 7) is 0. The van der Waals surface area contributed by atoms with Crippen molar-refractivity contribution in [3.63, 3.8) is 0 Å². The molecule has 8 aromatic rings. The second kappa shape index (κ2) is 13.6. The van der Waals surface area contributed by atoms with E-state index in [-0.39, 0.29) is 5.56 Å². The van der Waals surface area contributed by atoms with Gasteiger partial charge in [0.2, 0.25) is 0 Å². The van der Waals surface area contributed by atoms with Gasteiger partial charge in [0.05, 0.1) is 74.4 Å². The fraction of sp³-hybridized carbons (Fsp3) is 0. The van der Waals surface area contributed by atoms with Crippen molar-refractivity contribution in [3.05, 3.63) is 149 Å². The van der Waals surface area contributed by atoms with Crippen LogP contribution in [0.3, 0.4) is 0 Å². The van der Waals surface area contributed by atoms with Crippen LogP contribution in [0.5, 0.6) is 0 Å². The van der Waals surface area contributed by atoms with Crippen LogP contribution in [-0.2, 0) is 0 Å². The monoisotopic (exact) mass is 701 g/mol. The molecule has 5 aromatic carbocycles. The first kappa shape index (κ1) is 33.2. The van der Waals surface area contributed by atoms with Crippen LogP contribution in [0.2, 0.25) is 0 Å². The van der Waals surface area contributed by atoms with Gasteiger partial charge in [0, 0.05) is 46.7 Å². The van der Waals surface area contributed by atoms with Gasteiger partial charge in [-0.05, 0) is 76.9 Å². The van der Waals surface area contributed by atoms with Gasteiger partial charge in [0.15, 0.2) is 11.6 Å². The minimum Gasteiger partial charge on any atom is -0.308 e. The van der Waals surface area contributed by atoms with Gasteiger partial charge in [-0.1, -0.05) is 36.4 Å². The van der Waals surface area contributed by atoms with Crippen molar-refractivity contribution in [2.24, 2.45) is 0 Å². The van der Waals surface area contributed by atoms with Gasteiger partial charge >= 0.3 is 0 Å². The average Bonchev–Trinajstić information content (AvgIpc) is 3.58. The van der Waals surface area contributed by atoms with E-state index in [0.717, 1.165) is 32.9 Å². The van der Waals surface area contributed by atoms with Crippen LogP contribution in [0.15, 0.2) is 116 Å². The summed E-state index contributed by atoms with van der Waals surface area (Å²) in [5.74, 6) is 0.700. The van der Waals surface area contributed by atoms with Gasteiger partial charge in [0.25, 0.3) is 0 Å². The third-order valence-corrected chi connectivity index (χ3v) is 9.23. The molecule has 0 fully saturated rings. The number of hydrogen-bond donors (Lipinski definition) is 0. The molecule has 0 aliphatic heterocycles. The number of nitriles is 6. The zero-order chi connectivity index (χ0) is 38.1. The van der Waals surface area contributed by atoms with E-state index in [4.69, 9.17) is 0 Å². The first-order chi connectivity index (χ1) is 27.0. The van der Waals surface area contributed by atoms with Crippen LogP contribution in [0.4, 0.5) is 0 Å². The van der Waals surface area contributed by atoms with Crippen LogP contribution in [0, 0.1) is 68.0 Å². The standard InChI is InChI=1S/C44H19N11/c45-16-26-1-6-35(33(11-26)20-49)30-3-8-37-38-9-4-31(36-7-2-27(17-46)12-34(36)21-50)15-42(38)55(41(37)14-30)40-10-5-32(43-51-22-28(18-47)23-52-43)13-39(40)44-53-24-29(19-48)25-54-44/h1-15,22-25H. The predicted molar refractivity (Wildman–Crippen MR) is 202 cm³/mol. The lowest BCUT2D eigenvalue weighted by Gasteiger charge is -2.16. The Kier molecular flexibility index (Phi) is 8.21. The van der Waals surface area contributed by atoms with Crippen molar-refractivity contribution in [1.29, 1.82) is 31.6 Å². The van der Waals surface area contributed by atoms with Crippen LogP contribution < -0.4 is 0 Å². The minimum absolute atomic E-state index is 0.287. The molecule has 0 atom stereocenters. The molecule has 0 bridgehead atoms. The molecule has 0 saturated carbocycles. The molecular formula is C44H19N11. The molecule has 3 aromatic heterocycles. The maximum absolute atomic E-state index is 10.1. The Bertz CT molecular complexity index is 3020. The van der Waals surface area contributed by atoms with E-state index in [0.29, 0.717) is 67.4 Å². The van der Waals surface area contributed by atoms with Gasteiger partial charge < -0.3 is 4.57 Å². The molecule has 0 aliphatic rings.